The molecule has 0 radical (unpaired) electrons. The fourth-order valence-electron chi connectivity index (χ4n) is 3.28. The van der Waals surface area contributed by atoms with Crippen molar-refractivity contribution in [3.8, 4) is 0 Å². The average Bonchev–Trinajstić information content (AvgIpc) is 3.12. The van der Waals surface area contributed by atoms with Gasteiger partial charge in [0.15, 0.2) is 5.96 Å². The third-order valence-electron chi connectivity index (χ3n) is 4.99. The molecule has 26 heavy (non-hydrogen) atoms. The fraction of sp³-hybridized carbons (Fsp3) is 0.619. The highest BCUT2D eigenvalue weighted by Crippen LogP contribution is 2.15. The zero-order chi connectivity index (χ0) is 18.9. The number of benzene rings is 1. The lowest BCUT2D eigenvalue weighted by molar-refractivity contribution is -0.129. The number of likely N-dealkylation sites (tertiary alicyclic amines) is 1. The molecule has 0 spiro atoms. The maximum atomic E-state index is 11.8. The van der Waals surface area contributed by atoms with Crippen molar-refractivity contribution in [3.05, 3.63) is 35.4 Å². The third-order valence-corrected chi connectivity index (χ3v) is 4.99. The first-order chi connectivity index (χ1) is 12.5. The van der Waals surface area contributed by atoms with Crippen LogP contribution in [0.15, 0.2) is 29.3 Å². The second-order valence-corrected chi connectivity index (χ2v) is 7.32. The van der Waals surface area contributed by atoms with Crippen LogP contribution in [0.25, 0.3) is 0 Å². The molecule has 1 unspecified atom stereocenters. The van der Waals surface area contributed by atoms with E-state index in [4.69, 9.17) is 0 Å². The highest BCUT2D eigenvalue weighted by Gasteiger charge is 2.25. The second kappa shape index (κ2) is 10.2. The molecule has 1 amide bonds. The molecule has 1 aliphatic heterocycles. The molecule has 1 aromatic carbocycles. The van der Waals surface area contributed by atoms with Crippen molar-refractivity contribution in [3.63, 3.8) is 0 Å². The van der Waals surface area contributed by atoms with Crippen LogP contribution in [0.4, 0.5) is 0 Å². The fourth-order valence-corrected chi connectivity index (χ4v) is 3.28. The van der Waals surface area contributed by atoms with Crippen molar-refractivity contribution >= 4 is 11.9 Å². The van der Waals surface area contributed by atoms with Crippen LogP contribution in [0.2, 0.25) is 0 Å². The number of rotatable bonds is 7. The van der Waals surface area contributed by atoms with E-state index in [2.05, 4.69) is 53.7 Å². The molecule has 0 aromatic heterocycles. The van der Waals surface area contributed by atoms with E-state index in [-0.39, 0.29) is 5.91 Å². The van der Waals surface area contributed by atoms with Gasteiger partial charge in [-0.15, -0.1) is 0 Å². The number of nitrogens with zero attached hydrogens (tertiary/aromatic N) is 2. The van der Waals surface area contributed by atoms with Crippen molar-refractivity contribution in [2.24, 2.45) is 4.99 Å². The van der Waals surface area contributed by atoms with Gasteiger partial charge in [0.25, 0.3) is 0 Å². The van der Waals surface area contributed by atoms with Gasteiger partial charge in [-0.25, -0.2) is 0 Å². The number of carbonyl (C=O) groups excluding carboxylic acids is 1. The molecule has 1 fully saturated rings. The Bertz CT molecular complexity index is 595. The number of nitrogens with one attached hydrogen (secondary N) is 2. The van der Waals surface area contributed by atoms with Gasteiger partial charge in [-0.2, -0.15) is 0 Å². The molecular formula is C21H34N4O. The molecule has 1 aromatic rings. The summed E-state index contributed by atoms with van der Waals surface area (Å²) in [4.78, 5) is 18.0. The highest BCUT2D eigenvalue weighted by atomic mass is 16.2. The Labute approximate surface area is 158 Å². The molecule has 5 heteroatoms. The van der Waals surface area contributed by atoms with Crippen molar-refractivity contribution in [2.75, 3.05) is 26.7 Å². The summed E-state index contributed by atoms with van der Waals surface area (Å²) in [6, 6.07) is 9.23. The molecular weight excluding hydrogens is 324 g/mol. The number of aliphatic imine (C=N–C) groups is 1. The summed E-state index contributed by atoms with van der Waals surface area (Å²) in [7, 11) is 1.80. The smallest absolute Gasteiger partial charge is 0.222 e. The molecule has 5 nitrogen and oxygen atoms in total. The average molecular weight is 359 g/mol. The van der Waals surface area contributed by atoms with Crippen LogP contribution in [-0.4, -0.2) is 49.5 Å². The van der Waals surface area contributed by atoms with Crippen molar-refractivity contribution in [2.45, 2.75) is 58.4 Å². The van der Waals surface area contributed by atoms with E-state index in [9.17, 15) is 4.79 Å². The van der Waals surface area contributed by atoms with E-state index in [0.717, 1.165) is 44.9 Å². The van der Waals surface area contributed by atoms with Gasteiger partial charge in [-0.3, -0.25) is 9.79 Å². The van der Waals surface area contributed by atoms with Gasteiger partial charge >= 0.3 is 0 Å². The van der Waals surface area contributed by atoms with Crippen molar-refractivity contribution < 1.29 is 4.79 Å². The number of amides is 1. The Morgan fingerprint density at radius 1 is 1.31 bits per heavy atom. The first-order valence-electron chi connectivity index (χ1n) is 9.87. The maximum Gasteiger partial charge on any atom is 0.222 e. The molecule has 1 atom stereocenters. The van der Waals surface area contributed by atoms with E-state index >= 15 is 0 Å². The summed E-state index contributed by atoms with van der Waals surface area (Å²) in [5.74, 6) is 1.65. The van der Waals surface area contributed by atoms with Crippen LogP contribution >= 0.6 is 0 Å². The predicted molar refractivity (Wildman–Crippen MR) is 109 cm³/mol. The van der Waals surface area contributed by atoms with E-state index < -0.39 is 0 Å². The Hall–Kier alpha value is -2.04. The molecule has 2 N–H and O–H groups in total. The molecule has 0 bridgehead atoms. The summed E-state index contributed by atoms with van der Waals surface area (Å²) in [5.41, 5.74) is 2.77. The van der Waals surface area contributed by atoms with Crippen LogP contribution in [0.3, 0.4) is 0 Å². The second-order valence-electron chi connectivity index (χ2n) is 7.32. The molecule has 1 saturated heterocycles. The number of guanidine groups is 1. The number of aryl methyl sites for hydroxylation is 1. The normalized spacial score (nSPS) is 17.7. The van der Waals surface area contributed by atoms with E-state index in [1.807, 2.05) is 11.8 Å². The lowest BCUT2D eigenvalue weighted by Gasteiger charge is -2.18. The van der Waals surface area contributed by atoms with Gasteiger partial charge in [0.1, 0.15) is 0 Å². The Balaban J connectivity index is 1.68. The predicted octanol–water partition coefficient (Wildman–Crippen LogP) is 2.92. The first kappa shape index (κ1) is 20.3. The lowest BCUT2D eigenvalue weighted by Crippen LogP contribution is -2.45. The van der Waals surface area contributed by atoms with Crippen molar-refractivity contribution in [1.82, 2.24) is 15.5 Å². The van der Waals surface area contributed by atoms with Crippen LogP contribution in [0, 0.1) is 0 Å². The molecule has 1 aliphatic rings. The van der Waals surface area contributed by atoms with Gasteiger partial charge < -0.3 is 15.5 Å². The Morgan fingerprint density at radius 3 is 2.65 bits per heavy atom. The van der Waals surface area contributed by atoms with Crippen LogP contribution in [0.5, 0.6) is 0 Å². The minimum Gasteiger partial charge on any atom is -0.356 e. The molecule has 0 saturated carbocycles. The summed E-state index contributed by atoms with van der Waals surface area (Å²) in [5, 5.41) is 6.83. The highest BCUT2D eigenvalue weighted by molar-refractivity contribution is 5.80. The minimum atomic E-state index is 0.237. The topological polar surface area (TPSA) is 56.7 Å². The van der Waals surface area contributed by atoms with Gasteiger partial charge in [0.05, 0.1) is 0 Å². The maximum absolute atomic E-state index is 11.8. The van der Waals surface area contributed by atoms with E-state index in [0.29, 0.717) is 18.4 Å². The van der Waals surface area contributed by atoms with Gasteiger partial charge in [-0.05, 0) is 36.3 Å². The van der Waals surface area contributed by atoms with E-state index in [1.165, 1.54) is 11.1 Å². The summed E-state index contributed by atoms with van der Waals surface area (Å²) in [6.45, 7) is 8.86. The van der Waals surface area contributed by atoms with Crippen molar-refractivity contribution in [1.29, 1.82) is 0 Å². The summed E-state index contributed by atoms with van der Waals surface area (Å²) < 4.78 is 0. The largest absolute Gasteiger partial charge is 0.356 e. The number of hydrogen-bond acceptors (Lipinski definition) is 2. The SMILES string of the molecule is CCC(=O)N1CCC(NC(=NC)NCCCc2ccc(C(C)C)cc2)C1. The van der Waals surface area contributed by atoms with Crippen LogP contribution < -0.4 is 10.6 Å². The minimum absolute atomic E-state index is 0.237. The van der Waals surface area contributed by atoms with Crippen LogP contribution in [-0.2, 0) is 11.2 Å². The quantitative estimate of drug-likeness (QED) is 0.448. The molecule has 1 heterocycles. The third kappa shape index (κ3) is 6.04. The standard InChI is InChI=1S/C21H34N4O/c1-5-20(26)25-14-12-19(15-25)24-21(22-4)23-13-6-7-17-8-10-18(11-9-17)16(2)3/h8-11,16,19H,5-7,12-15H2,1-4H3,(H2,22,23,24). The molecule has 2 rings (SSSR count). The molecule has 144 valence electrons. The zero-order valence-electron chi connectivity index (χ0n) is 16.7. The van der Waals surface area contributed by atoms with Gasteiger partial charge in [0, 0.05) is 39.1 Å². The molecule has 0 aliphatic carbocycles. The summed E-state index contributed by atoms with van der Waals surface area (Å²) in [6.07, 6.45) is 3.68. The zero-order valence-corrected chi connectivity index (χ0v) is 16.7. The number of carbonyl (C=O) groups is 1. The van der Waals surface area contributed by atoms with Crippen LogP contribution in [0.1, 0.15) is 57.1 Å². The number of hydrogen-bond donors (Lipinski definition) is 2. The van der Waals surface area contributed by atoms with Gasteiger partial charge in [-0.1, -0.05) is 45.0 Å². The van der Waals surface area contributed by atoms with E-state index in [1.54, 1.807) is 7.05 Å². The Morgan fingerprint density at radius 2 is 2.04 bits per heavy atom. The van der Waals surface area contributed by atoms with Gasteiger partial charge in [0.2, 0.25) is 5.91 Å². The monoisotopic (exact) mass is 358 g/mol. The Kier molecular flexibility index (Phi) is 7.95. The lowest BCUT2D eigenvalue weighted by atomic mass is 10.0. The first-order valence-corrected chi connectivity index (χ1v) is 9.87. The summed E-state index contributed by atoms with van der Waals surface area (Å²) >= 11 is 0.